The van der Waals surface area contributed by atoms with Crippen molar-refractivity contribution < 1.29 is 19.1 Å². The van der Waals surface area contributed by atoms with Crippen molar-refractivity contribution in [2.75, 3.05) is 24.3 Å². The molecule has 1 unspecified atom stereocenters. The molecule has 0 radical (unpaired) electrons. The van der Waals surface area contributed by atoms with Crippen molar-refractivity contribution in [3.63, 3.8) is 0 Å². The molecule has 0 saturated carbocycles. The van der Waals surface area contributed by atoms with Gasteiger partial charge >= 0.3 is 5.97 Å². The molecular formula is C19H22N2O4. The lowest BCUT2D eigenvalue weighted by atomic mass is 10.2. The van der Waals surface area contributed by atoms with Gasteiger partial charge in [0.25, 0.3) is 5.91 Å². The van der Waals surface area contributed by atoms with Crippen LogP contribution in [0.2, 0.25) is 0 Å². The molecule has 0 heterocycles. The molecule has 0 bridgehead atoms. The molecule has 0 aliphatic heterocycles. The number of anilines is 2. The van der Waals surface area contributed by atoms with E-state index in [-0.39, 0.29) is 0 Å². The maximum absolute atomic E-state index is 12.2. The first-order chi connectivity index (χ1) is 12.0. The van der Waals surface area contributed by atoms with E-state index in [0.29, 0.717) is 23.5 Å². The highest BCUT2D eigenvalue weighted by atomic mass is 16.5. The van der Waals surface area contributed by atoms with E-state index in [1.54, 1.807) is 49.5 Å². The summed E-state index contributed by atoms with van der Waals surface area (Å²) in [6.45, 7) is 4.01. The molecule has 2 N–H and O–H groups in total. The van der Waals surface area contributed by atoms with Crippen LogP contribution in [0, 0.1) is 0 Å². The molecule has 0 aromatic heterocycles. The van der Waals surface area contributed by atoms with Crippen LogP contribution in [0.5, 0.6) is 5.75 Å². The molecule has 6 nitrogen and oxygen atoms in total. The summed E-state index contributed by atoms with van der Waals surface area (Å²) in [5.74, 6) is -0.234. The monoisotopic (exact) mass is 342 g/mol. The molecular weight excluding hydrogens is 320 g/mol. The Balaban J connectivity index is 1.96. The van der Waals surface area contributed by atoms with Crippen LogP contribution in [0.25, 0.3) is 0 Å². The Kier molecular flexibility index (Phi) is 6.39. The smallest absolute Gasteiger partial charge is 0.341 e. The SMILES string of the molecule is CCOc1ccc(NC(=O)C(C)OC(=O)c2ccccc2NC)cc1. The fourth-order valence-corrected chi connectivity index (χ4v) is 2.20. The standard InChI is InChI=1S/C19H22N2O4/c1-4-24-15-11-9-14(10-12-15)21-18(22)13(2)25-19(23)16-7-5-6-8-17(16)20-3/h5-13,20H,4H2,1-3H3,(H,21,22). The topological polar surface area (TPSA) is 76.7 Å². The molecule has 6 heteroatoms. The van der Waals surface area contributed by atoms with Gasteiger partial charge in [-0.05, 0) is 50.2 Å². The van der Waals surface area contributed by atoms with Gasteiger partial charge in [-0.3, -0.25) is 4.79 Å². The zero-order valence-corrected chi connectivity index (χ0v) is 14.5. The van der Waals surface area contributed by atoms with Crippen LogP contribution in [0.15, 0.2) is 48.5 Å². The number of carbonyl (C=O) groups excluding carboxylic acids is 2. The van der Waals surface area contributed by atoms with Gasteiger partial charge in [0, 0.05) is 18.4 Å². The average molecular weight is 342 g/mol. The van der Waals surface area contributed by atoms with Crippen LogP contribution in [-0.2, 0) is 9.53 Å². The molecule has 25 heavy (non-hydrogen) atoms. The first kappa shape index (κ1) is 18.3. The largest absolute Gasteiger partial charge is 0.494 e. The lowest BCUT2D eigenvalue weighted by Gasteiger charge is -2.15. The summed E-state index contributed by atoms with van der Waals surface area (Å²) < 4.78 is 10.6. The van der Waals surface area contributed by atoms with E-state index in [9.17, 15) is 9.59 Å². The first-order valence-corrected chi connectivity index (χ1v) is 8.06. The van der Waals surface area contributed by atoms with Crippen molar-refractivity contribution in [2.24, 2.45) is 0 Å². The predicted molar refractivity (Wildman–Crippen MR) is 97.1 cm³/mol. The number of rotatable bonds is 7. The third-order valence-electron chi connectivity index (χ3n) is 3.50. The number of carbonyl (C=O) groups is 2. The van der Waals surface area contributed by atoms with Gasteiger partial charge in [0.15, 0.2) is 6.10 Å². The van der Waals surface area contributed by atoms with Crippen LogP contribution >= 0.6 is 0 Å². The van der Waals surface area contributed by atoms with Crippen molar-refractivity contribution in [2.45, 2.75) is 20.0 Å². The molecule has 1 amide bonds. The second-order valence-electron chi connectivity index (χ2n) is 5.29. The van der Waals surface area contributed by atoms with Gasteiger partial charge in [-0.2, -0.15) is 0 Å². The second kappa shape index (κ2) is 8.73. The highest BCUT2D eigenvalue weighted by Gasteiger charge is 2.20. The Bertz CT molecular complexity index is 728. The van der Waals surface area contributed by atoms with E-state index in [2.05, 4.69) is 10.6 Å². The molecule has 0 aliphatic carbocycles. The van der Waals surface area contributed by atoms with Crippen molar-refractivity contribution >= 4 is 23.3 Å². The van der Waals surface area contributed by atoms with Crippen LogP contribution in [0.4, 0.5) is 11.4 Å². The number of ether oxygens (including phenoxy) is 2. The van der Waals surface area contributed by atoms with Gasteiger partial charge in [-0.25, -0.2) is 4.79 Å². The van der Waals surface area contributed by atoms with E-state index in [0.717, 1.165) is 5.75 Å². The van der Waals surface area contributed by atoms with Crippen LogP contribution in [0.3, 0.4) is 0 Å². The summed E-state index contributed by atoms with van der Waals surface area (Å²) in [6, 6.07) is 13.9. The second-order valence-corrected chi connectivity index (χ2v) is 5.29. The summed E-state index contributed by atoms with van der Waals surface area (Å²) >= 11 is 0. The van der Waals surface area contributed by atoms with Gasteiger partial charge < -0.3 is 20.1 Å². The van der Waals surface area contributed by atoms with Gasteiger partial charge in [-0.1, -0.05) is 12.1 Å². The van der Waals surface area contributed by atoms with Crippen LogP contribution in [-0.4, -0.2) is 31.6 Å². The molecule has 2 rings (SSSR count). The third kappa shape index (κ3) is 4.97. The summed E-state index contributed by atoms with van der Waals surface area (Å²) in [4.78, 5) is 24.5. The molecule has 2 aromatic rings. The molecule has 0 spiro atoms. The molecule has 2 aromatic carbocycles. The molecule has 0 aliphatic rings. The number of hydrogen-bond donors (Lipinski definition) is 2. The van der Waals surface area contributed by atoms with Crippen LogP contribution < -0.4 is 15.4 Å². The summed E-state index contributed by atoms with van der Waals surface area (Å²) in [7, 11) is 1.72. The normalized spacial score (nSPS) is 11.3. The number of benzene rings is 2. The number of esters is 1. The summed E-state index contributed by atoms with van der Waals surface area (Å²) in [5, 5.41) is 5.63. The fourth-order valence-electron chi connectivity index (χ4n) is 2.20. The Morgan fingerprint density at radius 1 is 1.08 bits per heavy atom. The maximum Gasteiger partial charge on any atom is 0.341 e. The molecule has 1 atom stereocenters. The third-order valence-corrected chi connectivity index (χ3v) is 3.50. The lowest BCUT2D eigenvalue weighted by molar-refractivity contribution is -0.123. The minimum atomic E-state index is -0.927. The minimum Gasteiger partial charge on any atom is -0.494 e. The Morgan fingerprint density at radius 3 is 2.40 bits per heavy atom. The summed E-state index contributed by atoms with van der Waals surface area (Å²) in [5.41, 5.74) is 1.63. The Labute approximate surface area is 147 Å². The van der Waals surface area contributed by atoms with Crippen molar-refractivity contribution in [3.8, 4) is 5.75 Å². The number of amides is 1. The van der Waals surface area contributed by atoms with Crippen LogP contribution in [0.1, 0.15) is 24.2 Å². The fraction of sp³-hybridized carbons (Fsp3) is 0.263. The lowest BCUT2D eigenvalue weighted by Crippen LogP contribution is -2.30. The van der Waals surface area contributed by atoms with Crippen molar-refractivity contribution in [1.82, 2.24) is 0 Å². The van der Waals surface area contributed by atoms with E-state index >= 15 is 0 Å². The van der Waals surface area contributed by atoms with E-state index in [1.165, 1.54) is 6.92 Å². The highest BCUT2D eigenvalue weighted by Crippen LogP contribution is 2.18. The quantitative estimate of drug-likeness (QED) is 0.755. The zero-order valence-electron chi connectivity index (χ0n) is 14.5. The van der Waals surface area contributed by atoms with Gasteiger partial charge in [0.1, 0.15) is 5.75 Å². The van der Waals surface area contributed by atoms with Crippen molar-refractivity contribution in [3.05, 3.63) is 54.1 Å². The van der Waals surface area contributed by atoms with E-state index < -0.39 is 18.0 Å². The first-order valence-electron chi connectivity index (χ1n) is 8.06. The molecule has 0 fully saturated rings. The minimum absolute atomic E-state index is 0.380. The molecule has 132 valence electrons. The number of para-hydroxylation sites is 1. The highest BCUT2D eigenvalue weighted by molar-refractivity contribution is 5.99. The van der Waals surface area contributed by atoms with Gasteiger partial charge in [0.05, 0.1) is 12.2 Å². The van der Waals surface area contributed by atoms with E-state index in [4.69, 9.17) is 9.47 Å². The summed E-state index contributed by atoms with van der Waals surface area (Å²) in [6.07, 6.45) is -0.927. The molecule has 0 saturated heterocycles. The maximum atomic E-state index is 12.2. The van der Waals surface area contributed by atoms with Gasteiger partial charge in [-0.15, -0.1) is 0 Å². The Morgan fingerprint density at radius 2 is 1.76 bits per heavy atom. The zero-order chi connectivity index (χ0) is 18.2. The average Bonchev–Trinajstić information content (AvgIpc) is 2.63. The predicted octanol–water partition coefficient (Wildman–Crippen LogP) is 3.31. The van der Waals surface area contributed by atoms with E-state index in [1.807, 2.05) is 13.0 Å². The van der Waals surface area contributed by atoms with Gasteiger partial charge in [0.2, 0.25) is 0 Å². The number of nitrogens with one attached hydrogen (secondary N) is 2. The van der Waals surface area contributed by atoms with Crippen molar-refractivity contribution in [1.29, 1.82) is 0 Å². The number of hydrogen-bond acceptors (Lipinski definition) is 5. The Hall–Kier alpha value is -3.02.